The number of pyridine rings is 2. The molecule has 0 atom stereocenters. The summed E-state index contributed by atoms with van der Waals surface area (Å²) in [7, 11) is -2.84. The van der Waals surface area contributed by atoms with E-state index in [4.69, 9.17) is 10.7 Å². The molecule has 0 radical (unpaired) electrons. The van der Waals surface area contributed by atoms with Gasteiger partial charge in [-0.2, -0.15) is 0 Å². The Morgan fingerprint density at radius 1 is 0.939 bits per heavy atom. The zero-order valence-electron chi connectivity index (χ0n) is 18.4. The van der Waals surface area contributed by atoms with Gasteiger partial charge in [0, 0.05) is 48.3 Å². The van der Waals surface area contributed by atoms with Crippen molar-refractivity contribution in [3.8, 4) is 16.9 Å². The van der Waals surface area contributed by atoms with Gasteiger partial charge in [-0.25, -0.2) is 13.4 Å². The van der Waals surface area contributed by atoms with E-state index in [9.17, 15) is 8.42 Å². The van der Waals surface area contributed by atoms with E-state index in [2.05, 4.69) is 32.8 Å². The minimum atomic E-state index is -2.84. The molecule has 4 heterocycles. The lowest BCUT2D eigenvalue weighted by Crippen LogP contribution is -2.40. The molecule has 1 saturated heterocycles. The quantitative estimate of drug-likeness (QED) is 0.443. The van der Waals surface area contributed by atoms with Gasteiger partial charge < -0.3 is 15.2 Å². The molecule has 0 spiro atoms. The largest absolute Gasteiger partial charge is 0.399 e. The third-order valence-electron chi connectivity index (χ3n) is 6.24. The monoisotopic (exact) mass is 461 g/mol. The Bertz CT molecular complexity index is 1350. The molecular formula is C25H27N5O2S. The van der Waals surface area contributed by atoms with Crippen LogP contribution in [0.4, 0.5) is 5.69 Å². The van der Waals surface area contributed by atoms with Gasteiger partial charge >= 0.3 is 0 Å². The normalized spacial score (nSPS) is 16.2. The summed E-state index contributed by atoms with van der Waals surface area (Å²) in [6, 6.07) is 15.9. The Hall–Kier alpha value is -3.23. The molecule has 0 aliphatic carbocycles. The number of nitrogen functional groups attached to an aromatic ring is 1. The summed E-state index contributed by atoms with van der Waals surface area (Å²) < 4.78 is 25.5. The second-order valence-corrected chi connectivity index (χ2v) is 10.8. The summed E-state index contributed by atoms with van der Waals surface area (Å²) >= 11 is 0. The molecule has 7 nitrogen and oxygen atoms in total. The minimum Gasteiger partial charge on any atom is -0.399 e. The van der Waals surface area contributed by atoms with E-state index in [0.717, 1.165) is 53.1 Å². The second-order valence-electron chi connectivity index (χ2n) is 8.52. The number of aryl methyl sites for hydroxylation is 1. The maximum Gasteiger partial charge on any atom is 0.152 e. The average Bonchev–Trinajstić information content (AvgIpc) is 3.19. The first-order valence-corrected chi connectivity index (χ1v) is 13.0. The van der Waals surface area contributed by atoms with Gasteiger partial charge in [0.2, 0.25) is 0 Å². The van der Waals surface area contributed by atoms with Gasteiger partial charge in [0.15, 0.2) is 9.84 Å². The van der Waals surface area contributed by atoms with Crippen molar-refractivity contribution in [1.82, 2.24) is 19.4 Å². The van der Waals surface area contributed by atoms with Gasteiger partial charge in [-0.05, 0) is 61.3 Å². The van der Waals surface area contributed by atoms with E-state index >= 15 is 0 Å². The van der Waals surface area contributed by atoms with Crippen LogP contribution in [0.1, 0.15) is 12.0 Å². The van der Waals surface area contributed by atoms with Gasteiger partial charge in [0.25, 0.3) is 0 Å². The molecule has 1 fully saturated rings. The van der Waals surface area contributed by atoms with Crippen molar-refractivity contribution in [2.24, 2.45) is 0 Å². The zero-order chi connectivity index (χ0) is 22.8. The molecule has 0 amide bonds. The van der Waals surface area contributed by atoms with Gasteiger partial charge in [0.1, 0.15) is 5.65 Å². The average molecular weight is 462 g/mol. The Kier molecular flexibility index (Phi) is 5.86. The van der Waals surface area contributed by atoms with Crippen LogP contribution in [0, 0.1) is 0 Å². The van der Waals surface area contributed by atoms with Crippen molar-refractivity contribution in [2.45, 2.75) is 12.8 Å². The van der Waals surface area contributed by atoms with Crippen molar-refractivity contribution < 1.29 is 8.42 Å². The van der Waals surface area contributed by atoms with Crippen molar-refractivity contribution in [1.29, 1.82) is 0 Å². The van der Waals surface area contributed by atoms with Crippen LogP contribution in [0.15, 0.2) is 67.1 Å². The summed E-state index contributed by atoms with van der Waals surface area (Å²) in [4.78, 5) is 11.4. The van der Waals surface area contributed by atoms with Crippen LogP contribution >= 0.6 is 0 Å². The van der Waals surface area contributed by atoms with Crippen molar-refractivity contribution in [3.05, 3.63) is 72.7 Å². The summed E-state index contributed by atoms with van der Waals surface area (Å²) in [6.07, 6.45) is 7.61. The van der Waals surface area contributed by atoms with E-state index < -0.39 is 9.84 Å². The van der Waals surface area contributed by atoms with Crippen LogP contribution in [0.25, 0.3) is 28.0 Å². The van der Waals surface area contributed by atoms with E-state index in [1.165, 1.54) is 5.56 Å². The van der Waals surface area contributed by atoms with E-state index in [-0.39, 0.29) is 11.5 Å². The molecule has 170 valence electrons. The molecular weight excluding hydrogens is 434 g/mol. The topological polar surface area (TPSA) is 94.1 Å². The second kappa shape index (κ2) is 8.96. The number of hydrogen-bond donors (Lipinski definition) is 1. The highest BCUT2D eigenvalue weighted by Gasteiger charge is 2.21. The summed E-state index contributed by atoms with van der Waals surface area (Å²) in [5.41, 5.74) is 11.7. The van der Waals surface area contributed by atoms with Crippen LogP contribution < -0.4 is 5.73 Å². The number of nitrogens with two attached hydrogens (primary N) is 1. The molecule has 0 saturated carbocycles. The Balaban J connectivity index is 1.43. The molecule has 5 rings (SSSR count). The maximum absolute atomic E-state index is 11.7. The third kappa shape index (κ3) is 4.77. The van der Waals surface area contributed by atoms with Gasteiger partial charge in [-0.15, -0.1) is 0 Å². The molecule has 0 unspecified atom stereocenters. The van der Waals surface area contributed by atoms with E-state index in [0.29, 0.717) is 13.1 Å². The van der Waals surface area contributed by atoms with Crippen molar-refractivity contribution in [3.63, 3.8) is 0 Å². The fourth-order valence-electron chi connectivity index (χ4n) is 4.35. The highest BCUT2D eigenvalue weighted by molar-refractivity contribution is 7.91. The predicted octanol–water partition coefficient (Wildman–Crippen LogP) is 3.33. The van der Waals surface area contributed by atoms with Crippen LogP contribution in [0.3, 0.4) is 0 Å². The number of benzene rings is 1. The molecule has 1 aromatic carbocycles. The minimum absolute atomic E-state index is 0.270. The highest BCUT2D eigenvalue weighted by Crippen LogP contribution is 2.28. The fourth-order valence-corrected chi connectivity index (χ4v) is 5.63. The van der Waals surface area contributed by atoms with Gasteiger partial charge in [-0.3, -0.25) is 4.98 Å². The molecule has 1 aliphatic rings. The maximum atomic E-state index is 11.7. The summed E-state index contributed by atoms with van der Waals surface area (Å²) in [6.45, 7) is 2.16. The lowest BCUT2D eigenvalue weighted by molar-refractivity contribution is 0.292. The standard InChI is InChI=1S/C25H27N5O2S/c26-21-5-3-19(4-6-21)24-8-7-23-20(2-1-13-29-14-16-33(31,32)17-15-29)18-30(25(23)28-24)22-9-11-27-12-10-22/h3-12,18H,1-2,13-17,26H2. The number of sulfone groups is 1. The lowest BCUT2D eigenvalue weighted by atomic mass is 10.1. The molecule has 1 aliphatic heterocycles. The number of nitrogens with zero attached hydrogens (tertiary/aromatic N) is 4. The van der Waals surface area contributed by atoms with Crippen LogP contribution in [-0.4, -0.2) is 59.0 Å². The Morgan fingerprint density at radius 2 is 1.67 bits per heavy atom. The molecule has 33 heavy (non-hydrogen) atoms. The predicted molar refractivity (Wildman–Crippen MR) is 132 cm³/mol. The van der Waals surface area contributed by atoms with Crippen molar-refractivity contribution >= 4 is 26.6 Å². The number of anilines is 1. The Morgan fingerprint density at radius 3 is 2.39 bits per heavy atom. The summed E-state index contributed by atoms with van der Waals surface area (Å²) in [5.74, 6) is 0.540. The lowest BCUT2D eigenvalue weighted by Gasteiger charge is -2.26. The molecule has 8 heteroatoms. The molecule has 2 N–H and O–H groups in total. The molecule has 4 aromatic rings. The van der Waals surface area contributed by atoms with Crippen LogP contribution in [0.5, 0.6) is 0 Å². The first-order chi connectivity index (χ1) is 16.0. The first-order valence-electron chi connectivity index (χ1n) is 11.2. The van der Waals surface area contributed by atoms with E-state index in [1.54, 1.807) is 12.4 Å². The number of hydrogen-bond acceptors (Lipinski definition) is 6. The SMILES string of the molecule is Nc1ccc(-c2ccc3c(CCCN4CCS(=O)(=O)CC4)cn(-c4ccncc4)c3n2)cc1. The van der Waals surface area contributed by atoms with E-state index in [1.807, 2.05) is 36.4 Å². The van der Waals surface area contributed by atoms with Crippen LogP contribution in [0.2, 0.25) is 0 Å². The van der Waals surface area contributed by atoms with Gasteiger partial charge in [0.05, 0.1) is 22.9 Å². The highest BCUT2D eigenvalue weighted by atomic mass is 32.2. The van der Waals surface area contributed by atoms with Gasteiger partial charge in [-0.1, -0.05) is 12.1 Å². The fraction of sp³-hybridized carbons (Fsp3) is 0.280. The molecule has 3 aromatic heterocycles. The van der Waals surface area contributed by atoms with Crippen molar-refractivity contribution in [2.75, 3.05) is 36.9 Å². The summed E-state index contributed by atoms with van der Waals surface area (Å²) in [5, 5.41) is 1.13. The molecule has 0 bridgehead atoms. The number of aromatic nitrogens is 3. The Labute approximate surface area is 193 Å². The van der Waals surface area contributed by atoms with Crippen LogP contribution in [-0.2, 0) is 16.3 Å². The number of fused-ring (bicyclic) bond motifs is 1. The first kappa shape index (κ1) is 21.6. The smallest absolute Gasteiger partial charge is 0.152 e. The zero-order valence-corrected chi connectivity index (χ0v) is 19.2. The third-order valence-corrected chi connectivity index (χ3v) is 7.85. The number of rotatable bonds is 6.